The fraction of sp³-hybridized carbons (Fsp3) is 0.556. The van der Waals surface area contributed by atoms with E-state index < -0.39 is 0 Å². The summed E-state index contributed by atoms with van der Waals surface area (Å²) in [6.07, 6.45) is 1.11. The van der Waals surface area contributed by atoms with Crippen molar-refractivity contribution >= 4 is 51.3 Å². The second-order valence-corrected chi connectivity index (χ2v) is 6.21. The molecule has 1 saturated heterocycles. The van der Waals surface area contributed by atoms with Gasteiger partial charge in [0.1, 0.15) is 4.34 Å². The predicted molar refractivity (Wildman–Crippen MR) is 72.1 cm³/mol. The average molecular weight is 332 g/mol. The molecule has 2 nitrogen and oxygen atoms in total. The number of hydrogen-bond donors (Lipinski definition) is 1. The van der Waals surface area contributed by atoms with Gasteiger partial charge in [-0.2, -0.15) is 0 Å². The predicted octanol–water partition coefficient (Wildman–Crippen LogP) is 3.12. The zero-order chi connectivity index (χ0) is 10.1. The first kappa shape index (κ1) is 13.7. The fourth-order valence-corrected chi connectivity index (χ4v) is 3.53. The van der Waals surface area contributed by atoms with E-state index in [1.165, 1.54) is 4.88 Å². The van der Waals surface area contributed by atoms with E-state index in [9.17, 15) is 0 Å². The van der Waals surface area contributed by atoms with Crippen LogP contribution in [0.15, 0.2) is 10.5 Å². The zero-order valence-electron chi connectivity index (χ0n) is 8.08. The number of nitrogens with two attached hydrogens (primary N) is 1. The van der Waals surface area contributed by atoms with Gasteiger partial charge in [-0.05, 0) is 28.4 Å². The van der Waals surface area contributed by atoms with Gasteiger partial charge in [-0.3, -0.25) is 4.90 Å². The summed E-state index contributed by atoms with van der Waals surface area (Å²) in [5, 5.41) is 0. The average Bonchev–Trinajstić information content (AvgIpc) is 2.62. The third kappa shape index (κ3) is 3.58. The molecule has 0 aliphatic carbocycles. The van der Waals surface area contributed by atoms with E-state index in [-0.39, 0.29) is 12.4 Å². The Hall–Kier alpha value is 0.680. The summed E-state index contributed by atoms with van der Waals surface area (Å²) < 4.78 is 1.84. The van der Waals surface area contributed by atoms with Crippen LogP contribution in [0.1, 0.15) is 11.3 Å². The molecule has 0 amide bonds. The number of halogens is 3. The summed E-state index contributed by atoms with van der Waals surface area (Å²) in [4.78, 5) is 3.68. The first-order chi connectivity index (χ1) is 6.65. The Morgan fingerprint density at radius 3 is 2.87 bits per heavy atom. The minimum absolute atomic E-state index is 0. The van der Waals surface area contributed by atoms with Crippen molar-refractivity contribution in [2.45, 2.75) is 19.0 Å². The fourth-order valence-electron chi connectivity index (χ4n) is 1.70. The Kier molecular flexibility index (Phi) is 5.36. The van der Waals surface area contributed by atoms with Crippen molar-refractivity contribution in [2.75, 3.05) is 13.1 Å². The van der Waals surface area contributed by atoms with E-state index in [1.54, 1.807) is 11.3 Å². The number of nitrogens with zero attached hydrogens (tertiary/aromatic N) is 1. The van der Waals surface area contributed by atoms with Crippen molar-refractivity contribution in [1.29, 1.82) is 0 Å². The van der Waals surface area contributed by atoms with Gasteiger partial charge in [0.15, 0.2) is 0 Å². The van der Waals surface area contributed by atoms with Crippen molar-refractivity contribution < 1.29 is 0 Å². The van der Waals surface area contributed by atoms with E-state index in [0.717, 1.165) is 34.9 Å². The summed E-state index contributed by atoms with van der Waals surface area (Å²) in [7, 11) is 0. The van der Waals surface area contributed by atoms with Gasteiger partial charge >= 0.3 is 0 Å². The first-order valence-corrected chi connectivity index (χ1v) is 6.55. The SMILES string of the molecule is Cl.N[C@H]1CCN(Cc2cc(Br)c(Cl)s2)C1. The Bertz CT molecular complexity index is 312. The minimum Gasteiger partial charge on any atom is -0.326 e. The van der Waals surface area contributed by atoms with E-state index in [2.05, 4.69) is 26.9 Å². The van der Waals surface area contributed by atoms with Gasteiger partial charge in [0, 0.05) is 35.0 Å². The van der Waals surface area contributed by atoms with E-state index >= 15 is 0 Å². The number of likely N-dealkylation sites (tertiary alicyclic amines) is 1. The number of rotatable bonds is 2. The van der Waals surface area contributed by atoms with E-state index in [1.807, 2.05) is 0 Å². The molecule has 1 fully saturated rings. The molecule has 2 rings (SSSR count). The minimum atomic E-state index is 0. The molecule has 0 bridgehead atoms. The monoisotopic (exact) mass is 330 g/mol. The Morgan fingerprint density at radius 1 is 1.67 bits per heavy atom. The summed E-state index contributed by atoms with van der Waals surface area (Å²) in [5.41, 5.74) is 5.84. The van der Waals surface area contributed by atoms with Crippen molar-refractivity contribution in [2.24, 2.45) is 5.73 Å². The molecule has 15 heavy (non-hydrogen) atoms. The van der Waals surface area contributed by atoms with Gasteiger partial charge in [-0.15, -0.1) is 23.7 Å². The highest BCUT2D eigenvalue weighted by atomic mass is 79.9. The van der Waals surface area contributed by atoms with Crippen LogP contribution < -0.4 is 5.73 Å². The third-order valence-corrected chi connectivity index (χ3v) is 4.84. The smallest absolute Gasteiger partial charge is 0.107 e. The Labute approximate surface area is 113 Å². The Balaban J connectivity index is 0.00000112. The van der Waals surface area contributed by atoms with Crippen LogP contribution in [0.3, 0.4) is 0 Å². The molecule has 1 aliphatic rings. The molecular weight excluding hydrogens is 319 g/mol. The highest BCUT2D eigenvalue weighted by molar-refractivity contribution is 9.10. The van der Waals surface area contributed by atoms with Crippen LogP contribution >= 0.6 is 51.3 Å². The molecule has 2 heterocycles. The first-order valence-electron chi connectivity index (χ1n) is 4.57. The maximum Gasteiger partial charge on any atom is 0.107 e. The van der Waals surface area contributed by atoms with Crippen LogP contribution in [0, 0.1) is 0 Å². The van der Waals surface area contributed by atoms with Gasteiger partial charge in [0.25, 0.3) is 0 Å². The molecule has 1 aromatic rings. The van der Waals surface area contributed by atoms with E-state index in [0.29, 0.717) is 6.04 Å². The lowest BCUT2D eigenvalue weighted by atomic mass is 10.3. The molecule has 1 atom stereocenters. The van der Waals surface area contributed by atoms with Crippen molar-refractivity contribution in [3.63, 3.8) is 0 Å². The van der Waals surface area contributed by atoms with Gasteiger partial charge in [0.2, 0.25) is 0 Å². The van der Waals surface area contributed by atoms with Gasteiger partial charge in [0.05, 0.1) is 0 Å². The molecule has 0 aromatic carbocycles. The molecule has 1 aromatic heterocycles. The van der Waals surface area contributed by atoms with Crippen LogP contribution in [0.25, 0.3) is 0 Å². The lowest BCUT2D eigenvalue weighted by molar-refractivity contribution is 0.330. The second-order valence-electron chi connectivity index (χ2n) is 3.62. The lowest BCUT2D eigenvalue weighted by Crippen LogP contribution is -2.25. The van der Waals surface area contributed by atoms with Crippen molar-refractivity contribution in [1.82, 2.24) is 4.90 Å². The maximum absolute atomic E-state index is 5.97. The van der Waals surface area contributed by atoms with Crippen molar-refractivity contribution in [3.05, 3.63) is 19.8 Å². The van der Waals surface area contributed by atoms with Gasteiger partial charge in [-0.25, -0.2) is 0 Å². The quantitative estimate of drug-likeness (QED) is 0.902. The molecule has 0 radical (unpaired) electrons. The van der Waals surface area contributed by atoms with Crippen LogP contribution in [0.2, 0.25) is 4.34 Å². The molecule has 1 aliphatic heterocycles. The highest BCUT2D eigenvalue weighted by Gasteiger charge is 2.19. The summed E-state index contributed by atoms with van der Waals surface area (Å²) in [6, 6.07) is 2.45. The summed E-state index contributed by atoms with van der Waals surface area (Å²) in [5.74, 6) is 0. The molecular formula is C9H13BrCl2N2S. The third-order valence-electron chi connectivity index (χ3n) is 2.38. The van der Waals surface area contributed by atoms with Crippen LogP contribution in [0.4, 0.5) is 0 Å². The summed E-state index contributed by atoms with van der Waals surface area (Å²) in [6.45, 7) is 3.09. The Morgan fingerprint density at radius 2 is 2.40 bits per heavy atom. The lowest BCUT2D eigenvalue weighted by Gasteiger charge is -2.12. The maximum atomic E-state index is 5.97. The standard InChI is InChI=1S/C9H12BrClN2S.ClH/c10-8-3-7(14-9(8)11)5-13-2-1-6(12)4-13;/h3,6H,1-2,4-5,12H2;1H/t6-;/m0./s1. The highest BCUT2D eigenvalue weighted by Crippen LogP contribution is 2.32. The number of thiophene rings is 1. The van der Waals surface area contributed by atoms with E-state index in [4.69, 9.17) is 17.3 Å². The topological polar surface area (TPSA) is 29.3 Å². The van der Waals surface area contributed by atoms with Gasteiger partial charge < -0.3 is 5.73 Å². The van der Waals surface area contributed by atoms with Crippen LogP contribution in [0.5, 0.6) is 0 Å². The molecule has 2 N–H and O–H groups in total. The molecule has 86 valence electrons. The van der Waals surface area contributed by atoms with Crippen LogP contribution in [-0.4, -0.2) is 24.0 Å². The second kappa shape index (κ2) is 5.84. The largest absolute Gasteiger partial charge is 0.326 e. The molecule has 6 heteroatoms. The zero-order valence-corrected chi connectivity index (χ0v) is 12.1. The van der Waals surface area contributed by atoms with Crippen LogP contribution in [-0.2, 0) is 6.54 Å². The molecule has 0 spiro atoms. The summed E-state index contributed by atoms with van der Waals surface area (Å²) >= 11 is 11.0. The van der Waals surface area contributed by atoms with Gasteiger partial charge in [-0.1, -0.05) is 11.6 Å². The van der Waals surface area contributed by atoms with Crippen molar-refractivity contribution in [3.8, 4) is 0 Å². The molecule has 0 saturated carbocycles. The normalized spacial score (nSPS) is 21.7. The molecule has 0 unspecified atom stereocenters. The number of hydrogen-bond acceptors (Lipinski definition) is 3.